The lowest BCUT2D eigenvalue weighted by Gasteiger charge is -2.43. The Bertz CT molecular complexity index is 893. The molecule has 1 aromatic heterocycles. The van der Waals surface area contributed by atoms with Crippen LogP contribution < -0.4 is 10.6 Å². The average Bonchev–Trinajstić information content (AvgIpc) is 3.04. The molecule has 0 aliphatic heterocycles. The van der Waals surface area contributed by atoms with E-state index in [0.717, 1.165) is 18.6 Å². The van der Waals surface area contributed by atoms with Crippen molar-refractivity contribution >= 4 is 17.9 Å². The van der Waals surface area contributed by atoms with E-state index in [-0.39, 0.29) is 19.1 Å². The highest BCUT2D eigenvalue weighted by atomic mass is 19.4. The minimum Gasteiger partial charge on any atom is -0.465 e. The van der Waals surface area contributed by atoms with Crippen LogP contribution in [0.2, 0.25) is 0 Å². The number of amides is 2. The Morgan fingerprint density at radius 3 is 2.69 bits per heavy atom. The fourth-order valence-corrected chi connectivity index (χ4v) is 3.13. The second kappa shape index (κ2) is 8.10. The van der Waals surface area contributed by atoms with Crippen molar-refractivity contribution in [1.82, 2.24) is 20.1 Å². The Morgan fingerprint density at radius 2 is 2.07 bits per heavy atom. The van der Waals surface area contributed by atoms with Gasteiger partial charge in [-0.25, -0.2) is 14.5 Å². The summed E-state index contributed by atoms with van der Waals surface area (Å²) in [5, 5.41) is 9.13. The van der Waals surface area contributed by atoms with Crippen LogP contribution in [0.3, 0.4) is 0 Å². The van der Waals surface area contributed by atoms with Gasteiger partial charge in [0.2, 0.25) is 5.95 Å². The molecule has 1 heterocycles. The Morgan fingerprint density at radius 1 is 1.31 bits per heavy atom. The smallest absolute Gasteiger partial charge is 0.416 e. The maximum Gasteiger partial charge on any atom is 0.416 e. The zero-order chi connectivity index (χ0) is 21.1. The number of alkyl halides is 3. The molecule has 1 fully saturated rings. The van der Waals surface area contributed by atoms with E-state index >= 15 is 0 Å². The molecular formula is C18H20F3N5O3. The van der Waals surface area contributed by atoms with Crippen molar-refractivity contribution in [3.8, 4) is 0 Å². The molecular weight excluding hydrogens is 391 g/mol. The molecule has 0 radical (unpaired) electrons. The van der Waals surface area contributed by atoms with E-state index in [1.165, 1.54) is 17.1 Å². The summed E-state index contributed by atoms with van der Waals surface area (Å²) in [6, 6.07) is 4.31. The molecule has 29 heavy (non-hydrogen) atoms. The summed E-state index contributed by atoms with van der Waals surface area (Å²) in [5.74, 6) is -0.531. The molecule has 1 aliphatic carbocycles. The molecule has 2 N–H and O–H groups in total. The summed E-state index contributed by atoms with van der Waals surface area (Å²) in [5.41, 5.74) is -1.24. The van der Waals surface area contributed by atoms with Crippen molar-refractivity contribution in [1.29, 1.82) is 0 Å². The van der Waals surface area contributed by atoms with Crippen molar-refractivity contribution in [3.05, 3.63) is 41.7 Å². The first-order valence-corrected chi connectivity index (χ1v) is 9.04. The number of ether oxygens (including phenoxy) is 1. The third kappa shape index (κ3) is 4.84. The van der Waals surface area contributed by atoms with Crippen molar-refractivity contribution < 1.29 is 27.5 Å². The highest BCUT2D eigenvalue weighted by Crippen LogP contribution is 2.42. The quantitative estimate of drug-likeness (QED) is 0.712. The first-order chi connectivity index (χ1) is 13.7. The number of aromatic nitrogens is 3. The molecule has 0 saturated heterocycles. The number of carbonyl (C=O) groups excluding carboxylic acids is 2. The molecule has 3 rings (SSSR count). The van der Waals surface area contributed by atoms with E-state index in [1.54, 1.807) is 13.0 Å². The van der Waals surface area contributed by atoms with Gasteiger partial charge in [0.15, 0.2) is 0 Å². The van der Waals surface area contributed by atoms with E-state index in [0.29, 0.717) is 18.4 Å². The zero-order valence-electron chi connectivity index (χ0n) is 15.6. The van der Waals surface area contributed by atoms with Gasteiger partial charge in [0.05, 0.1) is 17.7 Å². The van der Waals surface area contributed by atoms with E-state index in [9.17, 15) is 22.8 Å². The molecule has 0 atom stereocenters. The number of rotatable bonds is 6. The number of urea groups is 1. The first kappa shape index (κ1) is 20.6. The summed E-state index contributed by atoms with van der Waals surface area (Å²) in [6.45, 7) is 1.76. The van der Waals surface area contributed by atoms with Gasteiger partial charge in [0.1, 0.15) is 12.9 Å². The Kier molecular flexibility index (Phi) is 5.76. The largest absolute Gasteiger partial charge is 0.465 e. The molecule has 0 bridgehead atoms. The third-order valence-electron chi connectivity index (χ3n) is 4.66. The molecule has 2 aromatic rings. The topological polar surface area (TPSA) is 98.1 Å². The third-order valence-corrected chi connectivity index (χ3v) is 4.66. The second-order valence-corrected chi connectivity index (χ2v) is 6.66. The standard InChI is InChI=1S/C18H20F3N5O3/c1-2-29-14(27)10-26-11-22-15(25-26)23-16(28)24-17(7-4-8-17)12-5-3-6-13(9-12)18(19,20)21/h3,5-6,9,11H,2,4,7-8,10H2,1H3,(H2,23,24,25,28). The summed E-state index contributed by atoms with van der Waals surface area (Å²) < 4.78 is 45.1. The predicted octanol–water partition coefficient (Wildman–Crippen LogP) is 3.06. The molecule has 1 aromatic carbocycles. The lowest BCUT2D eigenvalue weighted by atomic mass is 9.71. The number of benzene rings is 1. The average molecular weight is 411 g/mol. The van der Waals surface area contributed by atoms with Crippen LogP contribution in [0.4, 0.5) is 23.9 Å². The second-order valence-electron chi connectivity index (χ2n) is 6.66. The normalized spacial score (nSPS) is 15.3. The molecule has 1 aliphatic rings. The monoisotopic (exact) mass is 411 g/mol. The van der Waals surface area contributed by atoms with Gasteiger partial charge >= 0.3 is 18.2 Å². The summed E-state index contributed by atoms with van der Waals surface area (Å²) in [4.78, 5) is 27.7. The van der Waals surface area contributed by atoms with Crippen LogP contribution in [0.1, 0.15) is 37.3 Å². The lowest BCUT2D eigenvalue weighted by Crippen LogP contribution is -2.52. The number of nitrogens with zero attached hydrogens (tertiary/aromatic N) is 3. The Hall–Kier alpha value is -3.11. The van der Waals surface area contributed by atoms with E-state index in [4.69, 9.17) is 4.74 Å². The van der Waals surface area contributed by atoms with Gasteiger partial charge in [-0.3, -0.25) is 10.1 Å². The fourth-order valence-electron chi connectivity index (χ4n) is 3.13. The number of anilines is 1. The van der Waals surface area contributed by atoms with Gasteiger partial charge in [0.25, 0.3) is 0 Å². The van der Waals surface area contributed by atoms with Gasteiger partial charge in [0, 0.05) is 0 Å². The van der Waals surface area contributed by atoms with Crippen LogP contribution in [-0.4, -0.2) is 33.4 Å². The van der Waals surface area contributed by atoms with Crippen molar-refractivity contribution in [3.63, 3.8) is 0 Å². The van der Waals surface area contributed by atoms with Crippen LogP contribution in [-0.2, 0) is 27.8 Å². The summed E-state index contributed by atoms with van der Waals surface area (Å²) in [7, 11) is 0. The summed E-state index contributed by atoms with van der Waals surface area (Å²) >= 11 is 0. The van der Waals surface area contributed by atoms with Crippen LogP contribution in [0.5, 0.6) is 0 Å². The van der Waals surface area contributed by atoms with Crippen LogP contribution in [0.15, 0.2) is 30.6 Å². The van der Waals surface area contributed by atoms with Gasteiger partial charge in [-0.05, 0) is 43.9 Å². The van der Waals surface area contributed by atoms with Crippen molar-refractivity contribution in [2.24, 2.45) is 0 Å². The summed E-state index contributed by atoms with van der Waals surface area (Å²) in [6.07, 6.45) is -1.38. The van der Waals surface area contributed by atoms with Gasteiger partial charge < -0.3 is 10.1 Å². The lowest BCUT2D eigenvalue weighted by molar-refractivity contribution is -0.144. The van der Waals surface area contributed by atoms with Gasteiger partial charge in [-0.1, -0.05) is 12.1 Å². The molecule has 1 saturated carbocycles. The number of carbonyl (C=O) groups is 2. The molecule has 156 valence electrons. The number of halogens is 3. The van der Waals surface area contributed by atoms with Crippen molar-refractivity contribution in [2.45, 2.75) is 44.4 Å². The maximum absolute atomic E-state index is 13.0. The van der Waals surface area contributed by atoms with Crippen molar-refractivity contribution in [2.75, 3.05) is 11.9 Å². The Labute approximate surface area is 164 Å². The SMILES string of the molecule is CCOC(=O)Cn1cnc(NC(=O)NC2(c3cccc(C(F)(F)F)c3)CCC2)n1. The predicted molar refractivity (Wildman–Crippen MR) is 95.8 cm³/mol. The molecule has 0 unspecified atom stereocenters. The van der Waals surface area contributed by atoms with Crippen LogP contribution in [0, 0.1) is 0 Å². The van der Waals surface area contributed by atoms with Gasteiger partial charge in [-0.2, -0.15) is 13.2 Å². The molecule has 0 spiro atoms. The zero-order valence-corrected chi connectivity index (χ0v) is 15.6. The first-order valence-electron chi connectivity index (χ1n) is 9.04. The number of hydrogen-bond donors (Lipinski definition) is 2. The highest BCUT2D eigenvalue weighted by Gasteiger charge is 2.41. The molecule has 2 amide bonds. The molecule has 8 nitrogen and oxygen atoms in total. The van der Waals surface area contributed by atoms with Gasteiger partial charge in [-0.15, -0.1) is 5.10 Å². The maximum atomic E-state index is 13.0. The van der Waals surface area contributed by atoms with Crippen LogP contribution in [0.25, 0.3) is 0 Å². The minimum absolute atomic E-state index is 0.0367. The molecule has 11 heteroatoms. The highest BCUT2D eigenvalue weighted by molar-refractivity contribution is 5.88. The van der Waals surface area contributed by atoms with E-state index in [2.05, 4.69) is 20.7 Å². The fraction of sp³-hybridized carbons (Fsp3) is 0.444. The number of esters is 1. The Balaban J connectivity index is 1.66. The van der Waals surface area contributed by atoms with E-state index < -0.39 is 29.3 Å². The van der Waals surface area contributed by atoms with Crippen LogP contribution >= 0.6 is 0 Å². The number of nitrogens with one attached hydrogen (secondary N) is 2. The van der Waals surface area contributed by atoms with E-state index in [1.807, 2.05) is 0 Å². The minimum atomic E-state index is -4.46. The number of hydrogen-bond acceptors (Lipinski definition) is 5.